The number of ether oxygens (including phenoxy) is 2. The molecule has 1 amide bonds. The van der Waals surface area contributed by atoms with E-state index in [1.807, 2.05) is 91.0 Å². The molecule has 2 unspecified atom stereocenters. The van der Waals surface area contributed by atoms with Crippen molar-refractivity contribution >= 4 is 22.8 Å². The second kappa shape index (κ2) is 7.22. The number of aliphatic hydroxyl groups is 1. The average Bonchev–Trinajstić information content (AvgIpc) is 3.18. The summed E-state index contributed by atoms with van der Waals surface area (Å²) in [6.07, 6.45) is 2.88. The Kier molecular flexibility index (Phi) is 4.28. The predicted octanol–water partition coefficient (Wildman–Crippen LogP) is 4.93. The highest BCUT2D eigenvalue weighted by molar-refractivity contribution is 6.14. The summed E-state index contributed by atoms with van der Waals surface area (Å²) in [5.74, 6) is 1.13. The monoisotopic (exact) mass is 435 g/mol. The second-order valence-corrected chi connectivity index (χ2v) is 8.22. The Hall–Kier alpha value is -4.09. The van der Waals surface area contributed by atoms with Crippen LogP contribution in [0.15, 0.2) is 84.9 Å². The molecule has 2 heterocycles. The van der Waals surface area contributed by atoms with Crippen molar-refractivity contribution in [3.05, 3.63) is 113 Å². The molecule has 0 radical (unpaired) electrons. The maximum atomic E-state index is 12.7. The van der Waals surface area contributed by atoms with Gasteiger partial charge in [0, 0.05) is 27.6 Å². The standard InChI is InChI=1S/C28H21NO4/c1-32-19-13-11-18(12-14-19)28(17-7-3-2-4-8-17)16-15-22-24-23(26(30)29-27(24)31)20-9-5-6-10-21(20)25(22)33-28/h2-16,27,31H,1H3,(H,29,30). The number of aliphatic hydroxyl groups excluding tert-OH is 1. The number of benzene rings is 4. The van der Waals surface area contributed by atoms with Crippen molar-refractivity contribution in [2.75, 3.05) is 7.11 Å². The fraction of sp³-hybridized carbons (Fsp3) is 0.107. The van der Waals surface area contributed by atoms with Gasteiger partial charge in [-0.15, -0.1) is 0 Å². The van der Waals surface area contributed by atoms with Crippen LogP contribution in [0.4, 0.5) is 0 Å². The number of nitrogens with one attached hydrogen (secondary N) is 1. The van der Waals surface area contributed by atoms with Gasteiger partial charge in [-0.1, -0.05) is 72.8 Å². The van der Waals surface area contributed by atoms with Crippen LogP contribution in [-0.4, -0.2) is 18.1 Å². The molecule has 162 valence electrons. The summed E-state index contributed by atoms with van der Waals surface area (Å²) in [5.41, 5.74) is 2.79. The van der Waals surface area contributed by atoms with Crippen molar-refractivity contribution in [3.63, 3.8) is 0 Å². The minimum absolute atomic E-state index is 0.278. The molecule has 33 heavy (non-hydrogen) atoms. The number of carbonyl (C=O) groups excluding carboxylic acids is 1. The number of amides is 1. The molecule has 0 aromatic heterocycles. The third-order valence-electron chi connectivity index (χ3n) is 6.48. The zero-order valence-corrected chi connectivity index (χ0v) is 17.9. The molecule has 4 aromatic rings. The maximum Gasteiger partial charge on any atom is 0.254 e. The molecular formula is C28H21NO4. The Morgan fingerprint density at radius 2 is 1.58 bits per heavy atom. The van der Waals surface area contributed by atoms with E-state index in [1.54, 1.807) is 7.11 Å². The van der Waals surface area contributed by atoms with Crippen LogP contribution in [0.5, 0.6) is 11.5 Å². The molecule has 4 aromatic carbocycles. The van der Waals surface area contributed by atoms with Gasteiger partial charge in [-0.3, -0.25) is 4.79 Å². The molecule has 6 rings (SSSR count). The Morgan fingerprint density at radius 1 is 0.909 bits per heavy atom. The molecule has 2 aliphatic heterocycles. The number of methoxy groups -OCH3 is 1. The number of hydrogen-bond acceptors (Lipinski definition) is 4. The molecule has 2 N–H and O–H groups in total. The van der Waals surface area contributed by atoms with Crippen molar-refractivity contribution in [3.8, 4) is 11.5 Å². The molecule has 5 heteroatoms. The van der Waals surface area contributed by atoms with Gasteiger partial charge < -0.3 is 19.9 Å². The van der Waals surface area contributed by atoms with E-state index in [-0.39, 0.29) is 5.91 Å². The third-order valence-corrected chi connectivity index (χ3v) is 6.48. The molecule has 2 aliphatic rings. The van der Waals surface area contributed by atoms with Crippen LogP contribution in [-0.2, 0) is 5.60 Å². The number of hydrogen-bond donors (Lipinski definition) is 2. The minimum Gasteiger partial charge on any atom is -0.497 e. The first kappa shape index (κ1) is 19.6. The van der Waals surface area contributed by atoms with Crippen molar-refractivity contribution in [1.29, 1.82) is 0 Å². The Labute approximate surface area is 190 Å². The first-order valence-corrected chi connectivity index (χ1v) is 10.8. The summed E-state index contributed by atoms with van der Waals surface area (Å²) >= 11 is 0. The number of rotatable bonds is 3. The summed E-state index contributed by atoms with van der Waals surface area (Å²) in [6, 6.07) is 25.5. The van der Waals surface area contributed by atoms with Gasteiger partial charge in [0.05, 0.1) is 12.7 Å². The molecule has 2 atom stereocenters. The van der Waals surface area contributed by atoms with Crippen molar-refractivity contribution < 1.29 is 19.4 Å². The van der Waals surface area contributed by atoms with Gasteiger partial charge in [-0.2, -0.15) is 0 Å². The van der Waals surface area contributed by atoms with Crippen LogP contribution in [0.3, 0.4) is 0 Å². The fourth-order valence-corrected chi connectivity index (χ4v) is 4.92. The second-order valence-electron chi connectivity index (χ2n) is 8.22. The lowest BCUT2D eigenvalue weighted by atomic mass is 9.82. The molecule has 0 aliphatic carbocycles. The van der Waals surface area contributed by atoms with Crippen LogP contribution in [0, 0.1) is 0 Å². The van der Waals surface area contributed by atoms with Crippen LogP contribution in [0.2, 0.25) is 0 Å². The quantitative estimate of drug-likeness (QED) is 0.479. The maximum absolute atomic E-state index is 12.7. The first-order chi connectivity index (χ1) is 16.1. The van der Waals surface area contributed by atoms with Gasteiger partial charge in [0.15, 0.2) is 11.8 Å². The normalized spacial score (nSPS) is 20.7. The van der Waals surface area contributed by atoms with Gasteiger partial charge in [0.1, 0.15) is 11.5 Å². The average molecular weight is 435 g/mol. The summed E-state index contributed by atoms with van der Waals surface area (Å²) in [7, 11) is 1.64. The molecule has 0 saturated carbocycles. The molecule has 5 nitrogen and oxygen atoms in total. The fourth-order valence-electron chi connectivity index (χ4n) is 4.92. The Balaban J connectivity index is 1.65. The van der Waals surface area contributed by atoms with Crippen LogP contribution in [0.1, 0.15) is 38.8 Å². The van der Waals surface area contributed by atoms with E-state index >= 15 is 0 Å². The summed E-state index contributed by atoms with van der Waals surface area (Å²) in [6.45, 7) is 0. The molecular weight excluding hydrogens is 414 g/mol. The van der Waals surface area contributed by atoms with Gasteiger partial charge in [0.25, 0.3) is 5.91 Å². The summed E-state index contributed by atoms with van der Waals surface area (Å²) in [5, 5.41) is 14.9. The molecule has 0 bridgehead atoms. The van der Waals surface area contributed by atoms with Crippen molar-refractivity contribution in [2.24, 2.45) is 0 Å². The van der Waals surface area contributed by atoms with E-state index in [4.69, 9.17) is 9.47 Å². The van der Waals surface area contributed by atoms with Crippen molar-refractivity contribution in [1.82, 2.24) is 5.32 Å². The lowest BCUT2D eigenvalue weighted by molar-refractivity contribution is 0.0850. The largest absolute Gasteiger partial charge is 0.497 e. The van der Waals surface area contributed by atoms with Gasteiger partial charge in [-0.05, 0) is 23.6 Å². The smallest absolute Gasteiger partial charge is 0.254 e. The van der Waals surface area contributed by atoms with E-state index in [1.165, 1.54) is 0 Å². The van der Waals surface area contributed by atoms with E-state index in [9.17, 15) is 9.90 Å². The zero-order valence-electron chi connectivity index (χ0n) is 17.9. The number of fused-ring (bicyclic) bond motifs is 6. The zero-order chi connectivity index (χ0) is 22.6. The van der Waals surface area contributed by atoms with E-state index in [2.05, 4.69) is 5.32 Å². The number of carbonyl (C=O) groups is 1. The lowest BCUT2D eigenvalue weighted by Gasteiger charge is -2.37. The van der Waals surface area contributed by atoms with E-state index in [0.717, 1.165) is 33.2 Å². The van der Waals surface area contributed by atoms with Crippen LogP contribution >= 0.6 is 0 Å². The van der Waals surface area contributed by atoms with Gasteiger partial charge >= 0.3 is 0 Å². The highest BCUT2D eigenvalue weighted by Crippen LogP contribution is 2.49. The predicted molar refractivity (Wildman–Crippen MR) is 126 cm³/mol. The topological polar surface area (TPSA) is 67.8 Å². The summed E-state index contributed by atoms with van der Waals surface area (Å²) < 4.78 is 12.3. The van der Waals surface area contributed by atoms with Crippen LogP contribution in [0.25, 0.3) is 16.8 Å². The highest BCUT2D eigenvalue weighted by atomic mass is 16.5. The molecule has 0 fully saturated rings. The van der Waals surface area contributed by atoms with E-state index in [0.29, 0.717) is 16.9 Å². The van der Waals surface area contributed by atoms with Gasteiger partial charge in [0.2, 0.25) is 0 Å². The Morgan fingerprint density at radius 3 is 2.30 bits per heavy atom. The Bertz CT molecular complexity index is 1430. The van der Waals surface area contributed by atoms with Gasteiger partial charge in [-0.25, -0.2) is 0 Å². The van der Waals surface area contributed by atoms with Crippen LogP contribution < -0.4 is 14.8 Å². The SMILES string of the molecule is COc1ccc(C2(c3ccccc3)C=Cc3c4c(c5ccccc5c3O2)C(=O)NC4O)cc1. The lowest BCUT2D eigenvalue weighted by Crippen LogP contribution is -2.34. The van der Waals surface area contributed by atoms with Crippen molar-refractivity contribution in [2.45, 2.75) is 11.8 Å². The van der Waals surface area contributed by atoms with E-state index < -0.39 is 11.8 Å². The highest BCUT2D eigenvalue weighted by Gasteiger charge is 2.41. The molecule has 0 spiro atoms. The minimum atomic E-state index is -1.08. The summed E-state index contributed by atoms with van der Waals surface area (Å²) in [4.78, 5) is 12.7. The molecule has 0 saturated heterocycles. The third kappa shape index (κ3) is 2.79. The first-order valence-electron chi connectivity index (χ1n) is 10.8.